The molecule has 2 aliphatic heterocycles. The molecule has 5 nitrogen and oxygen atoms in total. The molecule has 4 rings (SSSR count). The van der Waals surface area contributed by atoms with Crippen LogP contribution in [-0.4, -0.2) is 60.5 Å². The van der Waals surface area contributed by atoms with E-state index >= 15 is 0 Å². The summed E-state index contributed by atoms with van der Waals surface area (Å²) >= 11 is 0. The van der Waals surface area contributed by atoms with Crippen molar-refractivity contribution in [1.82, 2.24) is 9.80 Å². The molecule has 212 valence electrons. The molecule has 2 aromatic carbocycles. The van der Waals surface area contributed by atoms with Crippen molar-refractivity contribution in [2.24, 2.45) is 11.8 Å². The summed E-state index contributed by atoms with van der Waals surface area (Å²) in [5, 5.41) is 0. The number of carbonyl (C=O) groups is 1. The molecule has 0 saturated carbocycles. The summed E-state index contributed by atoms with van der Waals surface area (Å²) in [4.78, 5) is 20.9. The number of ether oxygens (including phenoxy) is 1. The van der Waals surface area contributed by atoms with Crippen LogP contribution in [0.2, 0.25) is 0 Å². The summed E-state index contributed by atoms with van der Waals surface area (Å²) in [5.41, 5.74) is 3.66. The molecule has 2 aromatic rings. The number of allylic oxidation sites excluding steroid dienone is 1. The maximum Gasteiger partial charge on any atom is 0.240 e. The maximum absolute atomic E-state index is 13.8. The van der Waals surface area contributed by atoms with Gasteiger partial charge in [0.05, 0.1) is 6.04 Å². The number of hydrogen-bond acceptors (Lipinski definition) is 4. The van der Waals surface area contributed by atoms with Crippen LogP contribution in [0.25, 0.3) is 0 Å². The van der Waals surface area contributed by atoms with Crippen LogP contribution in [0.15, 0.2) is 66.2 Å². The van der Waals surface area contributed by atoms with Crippen LogP contribution in [0, 0.1) is 11.8 Å². The predicted molar refractivity (Wildman–Crippen MR) is 162 cm³/mol. The van der Waals surface area contributed by atoms with Gasteiger partial charge in [0.2, 0.25) is 5.91 Å². The van der Waals surface area contributed by atoms with Crippen LogP contribution >= 0.6 is 0 Å². The zero-order chi connectivity index (χ0) is 27.8. The minimum Gasteiger partial charge on any atom is -0.489 e. The fourth-order valence-electron chi connectivity index (χ4n) is 5.77. The molecular formula is C34H49N3O2. The molecule has 2 fully saturated rings. The van der Waals surface area contributed by atoms with Gasteiger partial charge < -0.3 is 14.5 Å². The largest absolute Gasteiger partial charge is 0.489 e. The second kappa shape index (κ2) is 14.0. The minimum absolute atomic E-state index is 0.0403. The SMILES string of the molecule is CC(C)=CCN(c1ccc(OCc2ccccc2)cc1)C1CCN(C(=O)C2CC(C)CCN2CCC(C)C)C1. The van der Waals surface area contributed by atoms with Gasteiger partial charge in [0.1, 0.15) is 12.4 Å². The van der Waals surface area contributed by atoms with Gasteiger partial charge in [0, 0.05) is 31.4 Å². The molecule has 0 bridgehead atoms. The number of anilines is 1. The van der Waals surface area contributed by atoms with Crippen LogP contribution < -0.4 is 9.64 Å². The Bertz CT molecular complexity index is 1060. The lowest BCUT2D eigenvalue weighted by Crippen LogP contribution is -2.52. The number of likely N-dealkylation sites (tertiary alicyclic amines) is 2. The standard InChI is InChI=1S/C34H49N3O2/c1-26(2)15-19-35-20-17-28(5)23-33(35)34(38)36-21-18-31(24-36)37(22-16-27(3)4)30-11-13-32(14-12-30)39-25-29-9-7-6-8-10-29/h6-14,16,26,28,31,33H,15,17-25H2,1-5H3. The number of nitrogens with zero attached hydrogens (tertiary/aromatic N) is 3. The van der Waals surface area contributed by atoms with Crippen molar-refractivity contribution in [3.8, 4) is 5.75 Å². The molecule has 0 radical (unpaired) electrons. The molecule has 1 amide bonds. The first kappa shape index (κ1) is 29.2. The first-order chi connectivity index (χ1) is 18.8. The number of benzene rings is 2. The van der Waals surface area contributed by atoms with Crippen LogP contribution in [-0.2, 0) is 11.4 Å². The Labute approximate surface area is 236 Å². The topological polar surface area (TPSA) is 36.0 Å². The molecule has 0 spiro atoms. The quantitative estimate of drug-likeness (QED) is 0.299. The summed E-state index contributed by atoms with van der Waals surface area (Å²) < 4.78 is 6.03. The van der Waals surface area contributed by atoms with Crippen molar-refractivity contribution in [3.63, 3.8) is 0 Å². The molecule has 3 unspecified atom stereocenters. The molecule has 2 aliphatic rings. The van der Waals surface area contributed by atoms with Gasteiger partial charge in [-0.2, -0.15) is 0 Å². The highest BCUT2D eigenvalue weighted by molar-refractivity contribution is 5.82. The predicted octanol–water partition coefficient (Wildman–Crippen LogP) is 6.79. The molecule has 2 saturated heterocycles. The van der Waals surface area contributed by atoms with Gasteiger partial charge in [-0.3, -0.25) is 9.69 Å². The van der Waals surface area contributed by atoms with Crippen molar-refractivity contribution in [1.29, 1.82) is 0 Å². The molecule has 0 aliphatic carbocycles. The zero-order valence-corrected chi connectivity index (χ0v) is 24.8. The number of piperidine rings is 1. The Morgan fingerprint density at radius 3 is 2.49 bits per heavy atom. The monoisotopic (exact) mass is 531 g/mol. The molecule has 3 atom stereocenters. The third-order valence-electron chi connectivity index (χ3n) is 8.28. The second-order valence-electron chi connectivity index (χ2n) is 12.3. The Balaban J connectivity index is 1.42. The van der Waals surface area contributed by atoms with Gasteiger partial charge in [-0.05, 0) is 94.3 Å². The van der Waals surface area contributed by atoms with Gasteiger partial charge in [0.15, 0.2) is 0 Å². The third-order valence-corrected chi connectivity index (χ3v) is 8.28. The summed E-state index contributed by atoms with van der Waals surface area (Å²) in [6.45, 7) is 16.3. The highest BCUT2D eigenvalue weighted by Crippen LogP contribution is 2.29. The molecule has 39 heavy (non-hydrogen) atoms. The average Bonchev–Trinajstić information content (AvgIpc) is 3.42. The van der Waals surface area contributed by atoms with Crippen LogP contribution in [0.1, 0.15) is 65.9 Å². The van der Waals surface area contributed by atoms with E-state index in [2.05, 4.69) is 91.8 Å². The van der Waals surface area contributed by atoms with Crippen molar-refractivity contribution in [3.05, 3.63) is 71.8 Å². The van der Waals surface area contributed by atoms with E-state index in [0.717, 1.165) is 63.3 Å². The van der Waals surface area contributed by atoms with Crippen molar-refractivity contribution >= 4 is 11.6 Å². The fraction of sp³-hybridized carbons (Fsp3) is 0.559. The van der Waals surface area contributed by atoms with E-state index in [4.69, 9.17) is 4.74 Å². The lowest BCUT2D eigenvalue weighted by Gasteiger charge is -2.39. The first-order valence-corrected chi connectivity index (χ1v) is 15.0. The smallest absolute Gasteiger partial charge is 0.240 e. The Morgan fingerprint density at radius 2 is 1.79 bits per heavy atom. The fourth-order valence-corrected chi connectivity index (χ4v) is 5.77. The van der Waals surface area contributed by atoms with Crippen molar-refractivity contribution < 1.29 is 9.53 Å². The summed E-state index contributed by atoms with van der Waals surface area (Å²) in [5.74, 6) is 2.50. The van der Waals surface area contributed by atoms with Crippen LogP contribution in [0.4, 0.5) is 5.69 Å². The molecule has 5 heteroatoms. The van der Waals surface area contributed by atoms with Crippen molar-refractivity contribution in [2.45, 2.75) is 79.0 Å². The first-order valence-electron chi connectivity index (χ1n) is 15.0. The van der Waals surface area contributed by atoms with Gasteiger partial charge >= 0.3 is 0 Å². The van der Waals surface area contributed by atoms with E-state index < -0.39 is 0 Å². The summed E-state index contributed by atoms with van der Waals surface area (Å²) in [6.07, 6.45) is 6.64. The molecule has 2 heterocycles. The lowest BCUT2D eigenvalue weighted by molar-refractivity contribution is -0.138. The number of rotatable bonds is 11. The van der Waals surface area contributed by atoms with E-state index in [-0.39, 0.29) is 6.04 Å². The van der Waals surface area contributed by atoms with E-state index in [0.29, 0.717) is 30.4 Å². The van der Waals surface area contributed by atoms with Crippen molar-refractivity contribution in [2.75, 3.05) is 37.6 Å². The molecule has 0 N–H and O–H groups in total. The number of amides is 1. The molecule has 0 aromatic heterocycles. The van der Waals surface area contributed by atoms with Crippen LogP contribution in [0.3, 0.4) is 0 Å². The van der Waals surface area contributed by atoms with E-state index in [9.17, 15) is 4.79 Å². The maximum atomic E-state index is 13.8. The van der Waals surface area contributed by atoms with Gasteiger partial charge in [-0.25, -0.2) is 0 Å². The van der Waals surface area contributed by atoms with Crippen LogP contribution in [0.5, 0.6) is 5.75 Å². The lowest BCUT2D eigenvalue weighted by atomic mass is 9.91. The average molecular weight is 532 g/mol. The zero-order valence-electron chi connectivity index (χ0n) is 24.8. The van der Waals surface area contributed by atoms with Gasteiger partial charge in [-0.15, -0.1) is 0 Å². The third kappa shape index (κ3) is 8.35. The van der Waals surface area contributed by atoms with Gasteiger partial charge in [0.25, 0.3) is 0 Å². The summed E-state index contributed by atoms with van der Waals surface area (Å²) in [7, 11) is 0. The summed E-state index contributed by atoms with van der Waals surface area (Å²) in [6, 6.07) is 19.1. The second-order valence-corrected chi connectivity index (χ2v) is 12.3. The highest BCUT2D eigenvalue weighted by atomic mass is 16.5. The normalized spacial score (nSPS) is 21.7. The number of hydrogen-bond donors (Lipinski definition) is 0. The Hall–Kier alpha value is -2.79. The Kier molecular flexibility index (Phi) is 10.5. The molecular weight excluding hydrogens is 482 g/mol. The minimum atomic E-state index is 0.0403. The number of carbonyl (C=O) groups excluding carboxylic acids is 1. The highest BCUT2D eigenvalue weighted by Gasteiger charge is 2.38. The van der Waals surface area contributed by atoms with E-state index in [1.54, 1.807) is 0 Å². The van der Waals surface area contributed by atoms with E-state index in [1.165, 1.54) is 17.7 Å². The van der Waals surface area contributed by atoms with E-state index in [1.807, 2.05) is 18.2 Å². The Morgan fingerprint density at radius 1 is 1.05 bits per heavy atom. The van der Waals surface area contributed by atoms with Gasteiger partial charge in [-0.1, -0.05) is 62.8 Å².